The van der Waals surface area contributed by atoms with Crippen molar-refractivity contribution < 1.29 is 0 Å². The van der Waals surface area contributed by atoms with E-state index in [1.807, 2.05) is 23.9 Å². The minimum absolute atomic E-state index is 0. The first-order valence-electron chi connectivity index (χ1n) is 4.49. The van der Waals surface area contributed by atoms with E-state index in [0.29, 0.717) is 0 Å². The average molecular weight is 237 g/mol. The molecular formula is C11H9ClN2S. The van der Waals surface area contributed by atoms with Crippen molar-refractivity contribution >= 4 is 42.5 Å². The monoisotopic (exact) mass is 236 g/mol. The predicted octanol–water partition coefficient (Wildman–Crippen LogP) is 1.63. The minimum Gasteiger partial charge on any atom is -0.159 e. The molecular weight excluding hydrogens is 228 g/mol. The highest BCUT2D eigenvalue weighted by Gasteiger charge is 2.07. The first-order valence-corrected chi connectivity index (χ1v) is 5.47. The molecule has 0 radical (unpaired) electrons. The third-order valence-electron chi connectivity index (χ3n) is 2.32. The van der Waals surface area contributed by atoms with Gasteiger partial charge in [-0.15, -0.1) is 29.3 Å². The molecule has 0 aromatic heterocycles. The molecule has 0 saturated heterocycles. The standard InChI is InChI=1S/C11H8N2S.ClH/c1-2-8-3-4-10-9(5-7-14-10)11(8)13-12-6-1;/h1-6H,7H2;1H. The number of halogens is 1. The molecule has 1 aromatic carbocycles. The van der Waals surface area contributed by atoms with Crippen LogP contribution in [0.2, 0.25) is 0 Å². The van der Waals surface area contributed by atoms with E-state index in [0.717, 1.165) is 16.7 Å². The molecule has 76 valence electrons. The maximum Gasteiger partial charge on any atom is 0.101 e. The summed E-state index contributed by atoms with van der Waals surface area (Å²) in [5.41, 5.74) is 1.15. The third-order valence-corrected chi connectivity index (χ3v) is 3.32. The van der Waals surface area contributed by atoms with Gasteiger partial charge in [-0.3, -0.25) is 0 Å². The summed E-state index contributed by atoms with van der Waals surface area (Å²) >= 11 is 1.86. The lowest BCUT2D eigenvalue weighted by Crippen LogP contribution is -2.27. The van der Waals surface area contributed by atoms with Crippen molar-refractivity contribution in [2.75, 3.05) is 5.75 Å². The maximum atomic E-state index is 4.22. The smallest absolute Gasteiger partial charge is 0.101 e. The number of allylic oxidation sites excluding steroid dienone is 1. The molecule has 0 atom stereocenters. The molecule has 1 aromatic rings. The second-order valence-electron chi connectivity index (χ2n) is 3.15. The van der Waals surface area contributed by atoms with Gasteiger partial charge < -0.3 is 0 Å². The van der Waals surface area contributed by atoms with Crippen molar-refractivity contribution in [3.05, 3.63) is 34.3 Å². The highest BCUT2D eigenvalue weighted by Crippen LogP contribution is 2.17. The largest absolute Gasteiger partial charge is 0.159 e. The highest BCUT2D eigenvalue weighted by molar-refractivity contribution is 7.99. The van der Waals surface area contributed by atoms with E-state index in [1.165, 1.54) is 10.1 Å². The van der Waals surface area contributed by atoms with Gasteiger partial charge in [0.2, 0.25) is 0 Å². The average Bonchev–Trinajstić information content (AvgIpc) is 2.55. The Morgan fingerprint density at radius 1 is 1.27 bits per heavy atom. The molecule has 0 fully saturated rings. The molecule has 15 heavy (non-hydrogen) atoms. The molecule has 4 heteroatoms. The number of rotatable bonds is 0. The van der Waals surface area contributed by atoms with Crippen LogP contribution in [0.25, 0.3) is 12.2 Å². The van der Waals surface area contributed by atoms with E-state index in [1.54, 1.807) is 6.21 Å². The van der Waals surface area contributed by atoms with Crippen LogP contribution in [0.1, 0.15) is 5.56 Å². The van der Waals surface area contributed by atoms with Crippen molar-refractivity contribution in [3.63, 3.8) is 0 Å². The van der Waals surface area contributed by atoms with Gasteiger partial charge in [0, 0.05) is 27.6 Å². The van der Waals surface area contributed by atoms with Gasteiger partial charge in [-0.1, -0.05) is 18.2 Å². The molecule has 0 aliphatic carbocycles. The number of benzene rings is 1. The van der Waals surface area contributed by atoms with Crippen molar-refractivity contribution in [2.24, 2.45) is 10.2 Å². The summed E-state index contributed by atoms with van der Waals surface area (Å²) in [7, 11) is 0. The van der Waals surface area contributed by atoms with E-state index in [2.05, 4.69) is 28.4 Å². The summed E-state index contributed by atoms with van der Waals surface area (Å²) in [5.74, 6) is 1.05. The van der Waals surface area contributed by atoms with E-state index in [9.17, 15) is 0 Å². The Labute approximate surface area is 97.9 Å². The summed E-state index contributed by atoms with van der Waals surface area (Å²) in [5, 5.41) is 10.5. The van der Waals surface area contributed by atoms with Gasteiger partial charge in [0.25, 0.3) is 0 Å². The van der Waals surface area contributed by atoms with Crippen LogP contribution in [0.15, 0.2) is 33.3 Å². The first-order chi connectivity index (χ1) is 6.95. The van der Waals surface area contributed by atoms with Gasteiger partial charge in [-0.05, 0) is 12.1 Å². The molecule has 2 nitrogen and oxygen atoms in total. The third kappa shape index (κ3) is 1.73. The van der Waals surface area contributed by atoms with Crippen LogP contribution in [-0.2, 0) is 0 Å². The summed E-state index contributed by atoms with van der Waals surface area (Å²) in [6.45, 7) is 0. The van der Waals surface area contributed by atoms with Crippen LogP contribution < -0.4 is 10.6 Å². The Balaban J connectivity index is 0.000000853. The normalized spacial score (nSPS) is 15.5. The zero-order valence-electron chi connectivity index (χ0n) is 7.88. The second kappa shape index (κ2) is 4.21. The van der Waals surface area contributed by atoms with Crippen molar-refractivity contribution in [3.8, 4) is 0 Å². The number of nitrogens with zero attached hydrogens (tertiary/aromatic N) is 2. The molecule has 0 amide bonds. The van der Waals surface area contributed by atoms with Crippen LogP contribution >= 0.6 is 24.2 Å². The molecule has 0 N–H and O–H groups in total. The highest BCUT2D eigenvalue weighted by atomic mass is 35.5. The number of hydrogen-bond donors (Lipinski definition) is 0. The SMILES string of the molecule is C1=Cc2ccc3c(c2=NN=C1)=CCS3.Cl. The Bertz CT molecular complexity index is 561. The fourth-order valence-electron chi connectivity index (χ4n) is 1.67. The molecule has 2 heterocycles. The zero-order valence-corrected chi connectivity index (χ0v) is 9.52. The van der Waals surface area contributed by atoms with Gasteiger partial charge in [0.1, 0.15) is 5.36 Å². The van der Waals surface area contributed by atoms with Crippen LogP contribution in [0, 0.1) is 0 Å². The van der Waals surface area contributed by atoms with Gasteiger partial charge in [0.05, 0.1) is 0 Å². The fraction of sp³-hybridized carbons (Fsp3) is 0.0909. The molecule has 0 saturated carbocycles. The van der Waals surface area contributed by atoms with Crippen LogP contribution in [0.4, 0.5) is 0 Å². The zero-order chi connectivity index (χ0) is 9.38. The quantitative estimate of drug-likeness (QED) is 0.672. The summed E-state index contributed by atoms with van der Waals surface area (Å²) in [6.07, 6.45) is 7.90. The second-order valence-corrected chi connectivity index (χ2v) is 4.22. The van der Waals surface area contributed by atoms with E-state index in [-0.39, 0.29) is 12.4 Å². The topological polar surface area (TPSA) is 24.7 Å². The summed E-state index contributed by atoms with van der Waals surface area (Å²) in [4.78, 5) is 1.32. The lowest BCUT2D eigenvalue weighted by molar-refractivity contribution is 1.11. The van der Waals surface area contributed by atoms with Crippen molar-refractivity contribution in [2.45, 2.75) is 4.90 Å². The van der Waals surface area contributed by atoms with E-state index in [4.69, 9.17) is 0 Å². The molecule has 3 rings (SSSR count). The Morgan fingerprint density at radius 3 is 3.13 bits per heavy atom. The number of hydrogen-bond acceptors (Lipinski definition) is 3. The summed E-state index contributed by atoms with van der Waals surface area (Å²) in [6, 6.07) is 4.27. The van der Waals surface area contributed by atoms with E-state index >= 15 is 0 Å². The molecule has 0 bridgehead atoms. The Kier molecular flexibility index (Phi) is 2.93. The predicted molar refractivity (Wildman–Crippen MR) is 67.2 cm³/mol. The molecule has 2 aliphatic rings. The number of fused-ring (bicyclic) bond motifs is 3. The van der Waals surface area contributed by atoms with Crippen LogP contribution in [0.3, 0.4) is 0 Å². The molecule has 2 aliphatic heterocycles. The first kappa shape index (κ1) is 10.5. The van der Waals surface area contributed by atoms with Crippen LogP contribution in [0.5, 0.6) is 0 Å². The Morgan fingerprint density at radius 2 is 2.20 bits per heavy atom. The fourth-order valence-corrected chi connectivity index (χ4v) is 2.60. The van der Waals surface area contributed by atoms with Gasteiger partial charge in [0.15, 0.2) is 0 Å². The lowest BCUT2D eigenvalue weighted by atomic mass is 10.1. The molecule has 0 spiro atoms. The maximum absolute atomic E-state index is 4.22. The van der Waals surface area contributed by atoms with Gasteiger partial charge in [-0.2, -0.15) is 5.10 Å². The van der Waals surface area contributed by atoms with Crippen LogP contribution in [-0.4, -0.2) is 12.0 Å². The van der Waals surface area contributed by atoms with Gasteiger partial charge in [-0.25, -0.2) is 0 Å². The number of thioether (sulfide) groups is 1. The van der Waals surface area contributed by atoms with Crippen molar-refractivity contribution in [1.29, 1.82) is 0 Å². The van der Waals surface area contributed by atoms with Gasteiger partial charge >= 0.3 is 0 Å². The lowest BCUT2D eigenvalue weighted by Gasteiger charge is -1.96. The Hall–Kier alpha value is -1.06. The minimum atomic E-state index is 0. The van der Waals surface area contributed by atoms with E-state index < -0.39 is 0 Å². The molecule has 0 unspecified atom stereocenters. The van der Waals surface area contributed by atoms with Crippen molar-refractivity contribution in [1.82, 2.24) is 0 Å². The summed E-state index contributed by atoms with van der Waals surface area (Å²) < 4.78 is 0.